The van der Waals surface area contributed by atoms with Crippen molar-refractivity contribution in [1.82, 2.24) is 59.1 Å². The predicted molar refractivity (Wildman–Crippen MR) is 323 cm³/mol. The molecule has 92 heavy (non-hydrogen) atoms. The Morgan fingerprint density at radius 3 is 1.29 bits per heavy atom. The Kier molecular flexibility index (Phi) is 19.0. The summed E-state index contributed by atoms with van der Waals surface area (Å²) in [6.45, 7) is 0.933. The number of carbonyl (C=O) groups is 2. The van der Waals surface area contributed by atoms with Crippen molar-refractivity contribution in [2.45, 2.75) is 39.1 Å². The van der Waals surface area contributed by atoms with Gasteiger partial charge in [0.1, 0.15) is 48.1 Å². The van der Waals surface area contributed by atoms with Crippen molar-refractivity contribution >= 4 is 57.2 Å². The highest BCUT2D eigenvalue weighted by Crippen LogP contribution is 2.35. The van der Waals surface area contributed by atoms with Gasteiger partial charge in [-0.25, -0.2) is 65.2 Å². The molecule has 6 aromatic heterocycles. The van der Waals surface area contributed by atoms with Crippen LogP contribution in [-0.2, 0) is 48.6 Å². The van der Waals surface area contributed by atoms with E-state index in [9.17, 15) is 28.6 Å². The molecule has 0 unspecified atom stereocenters. The van der Waals surface area contributed by atoms with Crippen LogP contribution in [0.3, 0.4) is 0 Å². The summed E-state index contributed by atoms with van der Waals surface area (Å²) >= 11 is 12.7. The molecule has 0 atom stereocenters. The first-order valence-electron chi connectivity index (χ1n) is 27.7. The molecule has 0 spiro atoms. The normalized spacial score (nSPS) is 11.3. The Hall–Kier alpha value is -10.5. The number of nitrogens with zero attached hydrogens (tertiary/aromatic N) is 12. The molecule has 6 heterocycles. The average molecular weight is 1300 g/mol. The number of aromatic nitrogens is 12. The first-order valence-corrected chi connectivity index (χ1v) is 28.4. The van der Waals surface area contributed by atoms with Gasteiger partial charge in [-0.15, -0.1) is 10.2 Å². The van der Waals surface area contributed by atoms with E-state index < -0.39 is 46.8 Å². The fraction of sp³-hybridized carbons (Fsp3) is 0.156. The van der Waals surface area contributed by atoms with Gasteiger partial charge >= 0.3 is 11.9 Å². The van der Waals surface area contributed by atoms with E-state index in [1.54, 1.807) is 45.8 Å². The van der Waals surface area contributed by atoms with Gasteiger partial charge in [-0.05, 0) is 107 Å². The van der Waals surface area contributed by atoms with Gasteiger partial charge in [0.15, 0.2) is 34.8 Å². The van der Waals surface area contributed by atoms with Crippen molar-refractivity contribution in [2.24, 2.45) is 0 Å². The zero-order valence-corrected chi connectivity index (χ0v) is 49.8. The first kappa shape index (κ1) is 63.0. The number of imidazole rings is 2. The van der Waals surface area contributed by atoms with Crippen molar-refractivity contribution in [3.63, 3.8) is 0 Å². The molecular weight excluding hydrogens is 1250 g/mol. The van der Waals surface area contributed by atoms with Crippen LogP contribution in [0.2, 0.25) is 10.0 Å². The Bertz CT molecular complexity index is 4430. The summed E-state index contributed by atoms with van der Waals surface area (Å²) in [5, 5.41) is 34.6. The van der Waals surface area contributed by atoms with E-state index in [1.807, 2.05) is 0 Å². The summed E-state index contributed by atoms with van der Waals surface area (Å²) in [5.41, 5.74) is 3.42. The second kappa shape index (κ2) is 27.7. The Morgan fingerprint density at radius 2 is 0.924 bits per heavy atom. The third kappa shape index (κ3) is 13.9. The van der Waals surface area contributed by atoms with Crippen molar-refractivity contribution in [2.75, 3.05) is 27.4 Å². The SMILES string of the molecule is COCCn1c(Cc2cc(F)c(-c3ccc(F)c(OCc4cnc(-n5ccnn5)cc4Cl)c3)cc2F)nc2ccc(C(=O)O)cc21.COCCn1c(Cc2cc(F)c(-c3ccc(F)c(OCc4cnc(-n5ccnn5)cc4Cl)c3)cc2F)nc2ccc(C(=O)O)cc21. The van der Waals surface area contributed by atoms with Gasteiger partial charge in [0.05, 0.1) is 81.2 Å². The second-order valence-electron chi connectivity index (χ2n) is 20.4. The molecule has 0 saturated carbocycles. The minimum Gasteiger partial charge on any atom is -0.486 e. The standard InChI is InChI=1S/2C32H24ClF3N6O4/c2*1-45-9-8-41-28-11-19(32(43)44)3-5-27(28)39-31(41)13-20-10-26(36)22(14-25(20)35)18-2-4-24(34)29(12-18)46-17-21-16-37-30(15-23(21)33)42-7-6-38-40-42/h2*2-7,10-12,14-16H,8-9,13,17H2,1H3,(H,43,44). The van der Waals surface area contributed by atoms with E-state index in [4.69, 9.17) is 42.1 Å². The van der Waals surface area contributed by atoms with E-state index in [-0.39, 0.29) is 95.3 Å². The lowest BCUT2D eigenvalue weighted by molar-refractivity contribution is 0.0686. The maximum Gasteiger partial charge on any atom is 0.335 e. The summed E-state index contributed by atoms with van der Waals surface area (Å²) in [7, 11) is 3.04. The molecule has 0 radical (unpaired) electrons. The third-order valence-corrected chi connectivity index (χ3v) is 15.3. The van der Waals surface area contributed by atoms with Crippen molar-refractivity contribution < 1.29 is 65.1 Å². The Balaban J connectivity index is 0.000000188. The van der Waals surface area contributed by atoms with E-state index in [2.05, 4.69) is 40.6 Å². The van der Waals surface area contributed by atoms with Gasteiger partial charge in [-0.1, -0.05) is 45.8 Å². The smallest absolute Gasteiger partial charge is 0.335 e. The molecule has 0 aliphatic rings. The number of halogens is 8. The highest BCUT2D eigenvalue weighted by Gasteiger charge is 2.22. The fourth-order valence-electron chi connectivity index (χ4n) is 9.87. The molecule has 0 bridgehead atoms. The van der Waals surface area contributed by atoms with Gasteiger partial charge in [0.2, 0.25) is 0 Å². The van der Waals surface area contributed by atoms with Crippen molar-refractivity contribution in [3.8, 4) is 45.4 Å². The highest BCUT2D eigenvalue weighted by molar-refractivity contribution is 6.31. The topological polar surface area (TPSA) is 234 Å². The molecule has 468 valence electrons. The molecule has 0 amide bonds. The van der Waals surface area contributed by atoms with E-state index in [1.165, 1.54) is 96.9 Å². The van der Waals surface area contributed by atoms with Crippen LogP contribution in [0.4, 0.5) is 26.3 Å². The van der Waals surface area contributed by atoms with Crippen LogP contribution >= 0.6 is 23.2 Å². The zero-order valence-electron chi connectivity index (χ0n) is 48.2. The van der Waals surface area contributed by atoms with Crippen LogP contribution in [0.1, 0.15) is 54.6 Å². The van der Waals surface area contributed by atoms with Crippen LogP contribution < -0.4 is 9.47 Å². The number of benzene rings is 6. The fourth-order valence-corrected chi connectivity index (χ4v) is 10.3. The number of aromatic carboxylic acids is 2. The van der Waals surface area contributed by atoms with Gasteiger partial charge in [-0.3, -0.25) is 0 Å². The summed E-state index contributed by atoms with van der Waals surface area (Å²) in [6, 6.07) is 23.7. The van der Waals surface area contributed by atoms with Gasteiger partial charge in [-0.2, -0.15) is 0 Å². The third-order valence-electron chi connectivity index (χ3n) is 14.6. The van der Waals surface area contributed by atoms with Crippen molar-refractivity contribution in [1.29, 1.82) is 0 Å². The number of rotatable bonds is 22. The number of carboxylic acids is 2. The molecule has 0 aliphatic carbocycles. The molecule has 20 nitrogen and oxygen atoms in total. The number of carboxylic acid groups (broad SMARTS) is 2. The minimum absolute atomic E-state index is 0.0312. The molecule has 0 aliphatic heterocycles. The molecule has 2 N–H and O–H groups in total. The van der Waals surface area contributed by atoms with Crippen LogP contribution in [0.25, 0.3) is 56.0 Å². The van der Waals surface area contributed by atoms with Crippen LogP contribution in [0.5, 0.6) is 11.5 Å². The Labute approximate surface area is 527 Å². The maximum atomic E-state index is 15.5. The monoisotopic (exact) mass is 1300 g/mol. The molecule has 12 aromatic rings. The second-order valence-corrected chi connectivity index (χ2v) is 21.2. The van der Waals surface area contributed by atoms with E-state index >= 15 is 17.6 Å². The number of hydrogen-bond acceptors (Lipinski definition) is 14. The number of hydrogen-bond donors (Lipinski definition) is 2. The molecule has 6 aromatic carbocycles. The van der Waals surface area contributed by atoms with Crippen molar-refractivity contribution in [3.05, 3.63) is 236 Å². The van der Waals surface area contributed by atoms with E-state index in [0.29, 0.717) is 79.6 Å². The summed E-state index contributed by atoms with van der Waals surface area (Å²) in [4.78, 5) is 40.6. The number of ether oxygens (including phenoxy) is 4. The molecule has 0 saturated heterocycles. The van der Waals surface area contributed by atoms with Crippen LogP contribution in [0.15, 0.2) is 146 Å². The van der Waals surface area contributed by atoms with E-state index in [0.717, 1.165) is 36.4 Å². The number of methoxy groups -OCH3 is 2. The lowest BCUT2D eigenvalue weighted by Gasteiger charge is -2.13. The molecule has 0 fully saturated rings. The highest BCUT2D eigenvalue weighted by atomic mass is 35.5. The van der Waals surface area contributed by atoms with Gasteiger partial charge in [0, 0.05) is 86.9 Å². The minimum atomic E-state index is -1.10. The predicted octanol–water partition coefficient (Wildman–Crippen LogP) is 12.5. The average Bonchev–Trinajstić information content (AvgIpc) is 1.63. The lowest BCUT2D eigenvalue weighted by atomic mass is 10.0. The largest absolute Gasteiger partial charge is 0.486 e. The van der Waals surface area contributed by atoms with Gasteiger partial charge < -0.3 is 38.3 Å². The lowest BCUT2D eigenvalue weighted by Crippen LogP contribution is -2.10. The van der Waals surface area contributed by atoms with Crippen LogP contribution in [-0.4, -0.2) is 109 Å². The quantitative estimate of drug-likeness (QED) is 0.0600. The maximum absolute atomic E-state index is 15.5. The van der Waals surface area contributed by atoms with Crippen LogP contribution in [0, 0.1) is 34.9 Å². The molecule has 12 rings (SSSR count). The molecular formula is C64H48Cl2F6N12O8. The van der Waals surface area contributed by atoms with Gasteiger partial charge in [0.25, 0.3) is 0 Å². The number of pyridine rings is 2. The summed E-state index contributed by atoms with van der Waals surface area (Å²) in [6.07, 6.45) is 8.95. The Morgan fingerprint density at radius 1 is 0.500 bits per heavy atom. The zero-order chi connectivity index (χ0) is 64.7. The number of fused-ring (bicyclic) bond motifs is 2. The summed E-state index contributed by atoms with van der Waals surface area (Å²) < 4.78 is 119. The molecule has 28 heteroatoms. The summed E-state index contributed by atoms with van der Waals surface area (Å²) in [5.74, 6) is -5.20. The first-order chi connectivity index (χ1) is 44.4.